The number of piperidine rings is 2. The molecule has 3 heterocycles. The number of aliphatic hydroxyl groups is 1. The van der Waals surface area contributed by atoms with Crippen LogP contribution in [0.5, 0.6) is 5.75 Å². The Kier molecular flexibility index (Phi) is 8.86. The lowest BCUT2D eigenvalue weighted by Crippen LogP contribution is -2.43. The molecule has 2 saturated heterocycles. The summed E-state index contributed by atoms with van der Waals surface area (Å²) in [6.45, 7) is 2.96. The second-order valence-electron chi connectivity index (χ2n) is 10.4. The number of para-hydroxylation sites is 1. The molecule has 2 amide bonds. The van der Waals surface area contributed by atoms with Gasteiger partial charge in [-0.1, -0.05) is 23.7 Å². The van der Waals surface area contributed by atoms with Crippen LogP contribution in [0.1, 0.15) is 60.3 Å². The van der Waals surface area contributed by atoms with E-state index in [9.17, 15) is 9.59 Å². The number of aliphatic hydroxyl groups excluding tert-OH is 1. The van der Waals surface area contributed by atoms with Crippen molar-refractivity contribution in [2.24, 2.45) is 0 Å². The highest BCUT2D eigenvalue weighted by Gasteiger charge is 2.32. The van der Waals surface area contributed by atoms with Crippen LogP contribution in [0.3, 0.4) is 0 Å². The fraction of sp³-hybridized carbons (Fsp3) is 0.607. The number of carbonyl (C=O) groups excluding carboxylic acids is 2. The number of aromatic nitrogens is 2. The number of rotatable bonds is 8. The van der Waals surface area contributed by atoms with Crippen molar-refractivity contribution in [1.82, 2.24) is 19.6 Å². The fourth-order valence-electron chi connectivity index (χ4n) is 5.74. The molecule has 2 aromatic rings. The molecule has 1 aromatic carbocycles. The summed E-state index contributed by atoms with van der Waals surface area (Å²) >= 11 is 6.23. The van der Waals surface area contributed by atoms with Crippen LogP contribution in [-0.2, 0) is 28.9 Å². The van der Waals surface area contributed by atoms with Gasteiger partial charge in [0.2, 0.25) is 5.91 Å². The largest absolute Gasteiger partial charge is 0.489 e. The van der Waals surface area contributed by atoms with Gasteiger partial charge >= 0.3 is 0 Å². The van der Waals surface area contributed by atoms with Crippen molar-refractivity contribution in [3.63, 3.8) is 0 Å². The maximum Gasteiger partial charge on any atom is 0.274 e. The highest BCUT2D eigenvalue weighted by molar-refractivity contribution is 6.32. The molecule has 0 unspecified atom stereocenters. The smallest absolute Gasteiger partial charge is 0.274 e. The third-order valence-electron chi connectivity index (χ3n) is 7.84. The molecule has 206 valence electrons. The molecular weight excluding hydrogens is 508 g/mol. The number of hydrogen-bond acceptors (Lipinski definition) is 6. The van der Waals surface area contributed by atoms with Crippen LogP contribution in [0.2, 0.25) is 5.02 Å². The van der Waals surface area contributed by atoms with E-state index in [1.165, 1.54) is 0 Å². The lowest BCUT2D eigenvalue weighted by atomic mass is 9.95. The highest BCUT2D eigenvalue weighted by Crippen LogP contribution is 2.28. The van der Waals surface area contributed by atoms with Gasteiger partial charge in [-0.15, -0.1) is 0 Å². The van der Waals surface area contributed by atoms with Crippen molar-refractivity contribution in [3.05, 3.63) is 46.2 Å². The fourth-order valence-corrected chi connectivity index (χ4v) is 5.92. The molecule has 2 aliphatic heterocycles. The minimum Gasteiger partial charge on any atom is -0.489 e. The number of nitrogens with zero attached hydrogens (tertiary/aromatic N) is 4. The highest BCUT2D eigenvalue weighted by atomic mass is 35.5. The standard InChI is InChI=1S/C28H37ClN4O5/c29-23-6-2-4-8-25(23)38-21-11-13-31(14-12-21)26(35)19-33-24-7-3-1-5-22(24)27(30-33)28(36)32-15-9-20(10-16-32)37-18-17-34/h2,4,6,8,20-21,34H,1,3,5,7,9-19H2. The molecule has 1 aromatic heterocycles. The molecule has 1 N–H and O–H groups in total. The van der Waals surface area contributed by atoms with Crippen LogP contribution in [0.4, 0.5) is 0 Å². The Morgan fingerprint density at radius 3 is 2.39 bits per heavy atom. The maximum absolute atomic E-state index is 13.5. The molecule has 0 radical (unpaired) electrons. The quantitative estimate of drug-likeness (QED) is 0.548. The molecule has 9 nitrogen and oxygen atoms in total. The van der Waals surface area contributed by atoms with Gasteiger partial charge < -0.3 is 24.4 Å². The van der Waals surface area contributed by atoms with Crippen LogP contribution >= 0.6 is 11.6 Å². The normalized spacial score (nSPS) is 18.9. The van der Waals surface area contributed by atoms with Crippen LogP contribution in [-0.4, -0.2) is 88.1 Å². The molecule has 3 aliphatic rings. The molecule has 0 spiro atoms. The summed E-state index contributed by atoms with van der Waals surface area (Å²) in [6, 6.07) is 7.46. The van der Waals surface area contributed by atoms with E-state index in [2.05, 4.69) is 0 Å². The molecule has 0 atom stereocenters. The Labute approximate surface area is 228 Å². The van der Waals surface area contributed by atoms with E-state index < -0.39 is 0 Å². The zero-order valence-corrected chi connectivity index (χ0v) is 22.6. The number of hydrogen-bond donors (Lipinski definition) is 1. The molecule has 5 rings (SSSR count). The van der Waals surface area contributed by atoms with E-state index in [4.69, 9.17) is 31.3 Å². The summed E-state index contributed by atoms with van der Waals surface area (Å²) in [5.74, 6) is 0.659. The molecule has 2 fully saturated rings. The number of benzene rings is 1. The number of ether oxygens (including phenoxy) is 2. The van der Waals surface area contributed by atoms with E-state index in [1.54, 1.807) is 4.68 Å². The minimum absolute atomic E-state index is 0.00971. The Hall–Kier alpha value is -2.62. The van der Waals surface area contributed by atoms with Gasteiger partial charge in [0.15, 0.2) is 5.69 Å². The Bertz CT molecular complexity index is 1120. The number of carbonyl (C=O) groups is 2. The summed E-state index contributed by atoms with van der Waals surface area (Å²) in [7, 11) is 0. The summed E-state index contributed by atoms with van der Waals surface area (Å²) in [4.78, 5) is 30.4. The zero-order chi connectivity index (χ0) is 26.5. The van der Waals surface area contributed by atoms with Crippen LogP contribution in [0, 0.1) is 0 Å². The molecule has 38 heavy (non-hydrogen) atoms. The molecular formula is C28H37ClN4O5. The number of amides is 2. The Morgan fingerprint density at radius 1 is 0.974 bits per heavy atom. The predicted molar refractivity (Wildman–Crippen MR) is 143 cm³/mol. The van der Waals surface area contributed by atoms with Gasteiger partial charge in [0, 0.05) is 50.3 Å². The van der Waals surface area contributed by atoms with Crippen molar-refractivity contribution in [3.8, 4) is 5.75 Å². The van der Waals surface area contributed by atoms with Gasteiger partial charge in [-0.05, 0) is 50.7 Å². The van der Waals surface area contributed by atoms with Gasteiger partial charge in [0.05, 0.1) is 24.3 Å². The summed E-state index contributed by atoms with van der Waals surface area (Å²) < 4.78 is 13.5. The monoisotopic (exact) mass is 544 g/mol. The van der Waals surface area contributed by atoms with Crippen LogP contribution < -0.4 is 4.74 Å². The third kappa shape index (κ3) is 6.16. The third-order valence-corrected chi connectivity index (χ3v) is 8.16. The molecule has 0 saturated carbocycles. The Balaban J connectivity index is 1.19. The lowest BCUT2D eigenvalue weighted by molar-refractivity contribution is -0.133. The topological polar surface area (TPSA) is 97.1 Å². The van der Waals surface area contributed by atoms with Crippen LogP contribution in [0.25, 0.3) is 0 Å². The first-order valence-corrected chi connectivity index (χ1v) is 14.2. The van der Waals surface area contributed by atoms with Crippen LogP contribution in [0.15, 0.2) is 24.3 Å². The average molecular weight is 545 g/mol. The summed E-state index contributed by atoms with van der Waals surface area (Å²) in [5, 5.41) is 14.3. The zero-order valence-electron chi connectivity index (χ0n) is 21.8. The van der Waals surface area contributed by atoms with E-state index in [1.807, 2.05) is 34.1 Å². The van der Waals surface area contributed by atoms with Crippen molar-refractivity contribution < 1.29 is 24.2 Å². The number of fused-ring (bicyclic) bond motifs is 1. The van der Waals surface area contributed by atoms with Crippen molar-refractivity contribution in [2.45, 2.75) is 70.1 Å². The van der Waals surface area contributed by atoms with E-state index in [-0.39, 0.29) is 37.2 Å². The van der Waals surface area contributed by atoms with E-state index in [0.29, 0.717) is 49.3 Å². The van der Waals surface area contributed by atoms with Gasteiger partial charge in [-0.25, -0.2) is 0 Å². The van der Waals surface area contributed by atoms with Gasteiger partial charge in [-0.3, -0.25) is 14.3 Å². The van der Waals surface area contributed by atoms with Gasteiger partial charge in [0.1, 0.15) is 18.4 Å². The second-order valence-corrected chi connectivity index (χ2v) is 10.8. The van der Waals surface area contributed by atoms with Gasteiger partial charge in [-0.2, -0.15) is 5.10 Å². The van der Waals surface area contributed by atoms with E-state index >= 15 is 0 Å². The van der Waals surface area contributed by atoms with Crippen molar-refractivity contribution in [1.29, 1.82) is 0 Å². The second kappa shape index (κ2) is 12.5. The first kappa shape index (κ1) is 27.0. The SMILES string of the molecule is O=C(Cn1nc(C(=O)N2CCC(OCCO)CC2)c2c1CCCC2)N1CCC(Oc2ccccc2Cl)CC1. The molecule has 0 bridgehead atoms. The molecule has 10 heteroatoms. The summed E-state index contributed by atoms with van der Waals surface area (Å²) in [6.07, 6.45) is 6.84. The van der Waals surface area contributed by atoms with Gasteiger partial charge in [0.25, 0.3) is 5.91 Å². The van der Waals surface area contributed by atoms with E-state index in [0.717, 1.165) is 62.6 Å². The van der Waals surface area contributed by atoms with Crippen molar-refractivity contribution in [2.75, 3.05) is 39.4 Å². The lowest BCUT2D eigenvalue weighted by Gasteiger charge is -2.32. The number of likely N-dealkylation sites (tertiary alicyclic amines) is 2. The maximum atomic E-state index is 13.5. The summed E-state index contributed by atoms with van der Waals surface area (Å²) in [5.41, 5.74) is 2.56. The average Bonchev–Trinajstić information content (AvgIpc) is 3.31. The Morgan fingerprint density at radius 2 is 1.66 bits per heavy atom. The first-order chi connectivity index (χ1) is 18.5. The minimum atomic E-state index is -0.0486. The predicted octanol–water partition coefficient (Wildman–Crippen LogP) is 3.10. The van der Waals surface area contributed by atoms with Crippen molar-refractivity contribution >= 4 is 23.4 Å². The number of halogens is 1. The molecule has 1 aliphatic carbocycles. The first-order valence-electron chi connectivity index (χ1n) is 13.8.